The van der Waals surface area contributed by atoms with Gasteiger partial charge in [-0.3, -0.25) is 0 Å². The summed E-state index contributed by atoms with van der Waals surface area (Å²) in [6, 6.07) is 35.2. The van der Waals surface area contributed by atoms with E-state index in [0.29, 0.717) is 21.7 Å². The highest BCUT2D eigenvalue weighted by Gasteiger charge is 2.52. The largest absolute Gasteiger partial charge is 0.353 e. The molecule has 1 aliphatic rings. The highest BCUT2D eigenvalue weighted by Crippen LogP contribution is 2.47. The lowest BCUT2D eigenvalue weighted by Crippen LogP contribution is -2.58. The number of hydrogen-bond acceptors (Lipinski definition) is 3. The van der Waals surface area contributed by atoms with Crippen molar-refractivity contribution >= 4 is 40.5 Å². The molecule has 0 radical (unpaired) electrons. The molecule has 0 aromatic heterocycles. The lowest BCUT2D eigenvalue weighted by atomic mass is 9.77. The molecule has 4 nitrogen and oxygen atoms in total. The number of benzene rings is 4. The molecule has 5 N–H and O–H groups in total. The van der Waals surface area contributed by atoms with E-state index in [4.69, 9.17) is 46.9 Å². The van der Waals surface area contributed by atoms with Crippen molar-refractivity contribution in [2.24, 2.45) is 11.5 Å². The van der Waals surface area contributed by atoms with Crippen LogP contribution in [0.25, 0.3) is 0 Å². The highest BCUT2D eigenvalue weighted by molar-refractivity contribution is 7.80. The van der Waals surface area contributed by atoms with Crippen molar-refractivity contribution in [3.8, 4) is 0 Å². The second-order valence-electron chi connectivity index (χ2n) is 9.97. The minimum absolute atomic E-state index is 0.138. The van der Waals surface area contributed by atoms with Crippen LogP contribution in [0.3, 0.4) is 0 Å². The van der Waals surface area contributed by atoms with Crippen LogP contribution in [0.2, 0.25) is 10.0 Å². The minimum Gasteiger partial charge on any atom is -0.353 e. The second kappa shape index (κ2) is 10.7. The first-order chi connectivity index (χ1) is 18.2. The standard InChI is InChI=1S/C31H30Cl2N4S/c1-30(23-8-4-2-5-9-23)28(22-14-18-26(33)19-15-22)36-29(38)37(30)20-31(35,24-10-6-3-7-11-24)27(34)21-12-16-25(32)17-13-21/h2-19,27-28H,20,34-35H2,1H3,(H,36,38)/t27?,28-,30+,31?/m0/s1. The fourth-order valence-electron chi connectivity index (χ4n) is 5.45. The zero-order chi connectivity index (χ0) is 26.9. The summed E-state index contributed by atoms with van der Waals surface area (Å²) in [5, 5.41) is 5.54. The Labute approximate surface area is 239 Å². The molecule has 0 spiro atoms. The Kier molecular flexibility index (Phi) is 7.49. The second-order valence-corrected chi connectivity index (χ2v) is 11.2. The van der Waals surface area contributed by atoms with Crippen molar-refractivity contribution in [3.63, 3.8) is 0 Å². The van der Waals surface area contributed by atoms with Gasteiger partial charge in [0.05, 0.1) is 23.2 Å². The third-order valence-electron chi connectivity index (χ3n) is 7.71. The maximum Gasteiger partial charge on any atom is 0.170 e. The molecule has 0 aliphatic carbocycles. The molecule has 194 valence electrons. The molecule has 0 amide bonds. The van der Waals surface area contributed by atoms with Crippen molar-refractivity contribution < 1.29 is 0 Å². The van der Waals surface area contributed by atoms with Gasteiger partial charge in [0.2, 0.25) is 0 Å². The quantitative estimate of drug-likeness (QED) is 0.219. The van der Waals surface area contributed by atoms with Crippen LogP contribution < -0.4 is 16.8 Å². The number of nitrogens with one attached hydrogen (secondary N) is 1. The van der Waals surface area contributed by atoms with Gasteiger partial charge in [0.25, 0.3) is 0 Å². The molecular weight excluding hydrogens is 531 g/mol. The molecule has 1 aliphatic heterocycles. The van der Waals surface area contributed by atoms with E-state index in [2.05, 4.69) is 29.3 Å². The first-order valence-corrected chi connectivity index (χ1v) is 13.6. The molecule has 38 heavy (non-hydrogen) atoms. The van der Waals surface area contributed by atoms with E-state index in [1.165, 1.54) is 0 Å². The molecule has 1 saturated heterocycles. The van der Waals surface area contributed by atoms with E-state index in [1.807, 2.05) is 97.1 Å². The Morgan fingerprint density at radius 3 is 1.97 bits per heavy atom. The van der Waals surface area contributed by atoms with Gasteiger partial charge in [-0.1, -0.05) is 108 Å². The number of rotatable bonds is 7. The fraction of sp³-hybridized carbons (Fsp3) is 0.194. The predicted molar refractivity (Wildman–Crippen MR) is 161 cm³/mol. The first-order valence-electron chi connectivity index (χ1n) is 12.5. The van der Waals surface area contributed by atoms with Crippen LogP contribution in [0.15, 0.2) is 109 Å². The Morgan fingerprint density at radius 2 is 1.39 bits per heavy atom. The summed E-state index contributed by atoms with van der Waals surface area (Å²) in [4.78, 5) is 2.19. The van der Waals surface area contributed by atoms with E-state index in [9.17, 15) is 0 Å². The van der Waals surface area contributed by atoms with Gasteiger partial charge in [-0.2, -0.15) is 0 Å². The molecule has 4 aromatic carbocycles. The maximum atomic E-state index is 7.37. The molecule has 7 heteroatoms. The zero-order valence-electron chi connectivity index (χ0n) is 21.0. The Hall–Kier alpha value is -2.93. The minimum atomic E-state index is -0.980. The van der Waals surface area contributed by atoms with Crippen molar-refractivity contribution in [2.75, 3.05) is 6.54 Å². The van der Waals surface area contributed by atoms with Gasteiger partial charge in [0.1, 0.15) is 0 Å². The smallest absolute Gasteiger partial charge is 0.170 e. The van der Waals surface area contributed by atoms with E-state index in [0.717, 1.165) is 22.3 Å². The van der Waals surface area contributed by atoms with Gasteiger partial charge in [0, 0.05) is 16.6 Å². The van der Waals surface area contributed by atoms with Gasteiger partial charge >= 0.3 is 0 Å². The van der Waals surface area contributed by atoms with Gasteiger partial charge in [-0.05, 0) is 65.7 Å². The van der Waals surface area contributed by atoms with Crippen LogP contribution in [-0.2, 0) is 11.1 Å². The summed E-state index contributed by atoms with van der Waals surface area (Å²) in [6.45, 7) is 2.58. The maximum absolute atomic E-state index is 7.37. The van der Waals surface area contributed by atoms with Crippen LogP contribution in [-0.4, -0.2) is 16.6 Å². The molecule has 1 fully saturated rings. The van der Waals surface area contributed by atoms with Gasteiger partial charge in [-0.25, -0.2) is 0 Å². The topological polar surface area (TPSA) is 67.3 Å². The van der Waals surface area contributed by atoms with Crippen LogP contribution in [0.4, 0.5) is 0 Å². The molecule has 4 atom stereocenters. The molecule has 2 unspecified atom stereocenters. The van der Waals surface area contributed by atoms with E-state index in [1.54, 1.807) is 0 Å². The van der Waals surface area contributed by atoms with Crippen molar-refractivity contribution in [1.29, 1.82) is 0 Å². The lowest BCUT2D eigenvalue weighted by Gasteiger charge is -2.46. The molecule has 0 bridgehead atoms. The monoisotopic (exact) mass is 560 g/mol. The van der Waals surface area contributed by atoms with E-state index >= 15 is 0 Å². The molecular formula is C31H30Cl2N4S. The van der Waals surface area contributed by atoms with Crippen molar-refractivity contribution in [3.05, 3.63) is 141 Å². The summed E-state index contributed by atoms with van der Waals surface area (Å²) in [5.74, 6) is 0. The molecule has 0 saturated carbocycles. The third kappa shape index (κ3) is 4.81. The Balaban J connectivity index is 1.63. The third-order valence-corrected chi connectivity index (χ3v) is 8.55. The van der Waals surface area contributed by atoms with Gasteiger partial charge in [0.15, 0.2) is 5.11 Å². The first kappa shape index (κ1) is 26.7. The summed E-state index contributed by atoms with van der Waals surface area (Å²) in [5.41, 5.74) is 16.8. The summed E-state index contributed by atoms with van der Waals surface area (Å²) >= 11 is 18.4. The lowest BCUT2D eigenvalue weighted by molar-refractivity contribution is 0.143. The Morgan fingerprint density at radius 1 is 0.868 bits per heavy atom. The van der Waals surface area contributed by atoms with Crippen LogP contribution in [0.5, 0.6) is 0 Å². The van der Waals surface area contributed by atoms with Crippen LogP contribution in [0, 0.1) is 0 Å². The van der Waals surface area contributed by atoms with Crippen LogP contribution >= 0.6 is 35.4 Å². The average Bonchev–Trinajstić information content (AvgIpc) is 3.20. The zero-order valence-corrected chi connectivity index (χ0v) is 23.3. The van der Waals surface area contributed by atoms with E-state index < -0.39 is 17.1 Å². The highest BCUT2D eigenvalue weighted by atomic mass is 35.5. The average molecular weight is 562 g/mol. The fourth-order valence-corrected chi connectivity index (χ4v) is 6.08. The Bertz CT molecular complexity index is 1400. The van der Waals surface area contributed by atoms with Crippen molar-refractivity contribution in [1.82, 2.24) is 10.2 Å². The number of halogens is 2. The van der Waals surface area contributed by atoms with Gasteiger partial charge in [-0.15, -0.1) is 0 Å². The summed E-state index contributed by atoms with van der Waals surface area (Å²) < 4.78 is 0. The molecule has 5 rings (SSSR count). The van der Waals surface area contributed by atoms with E-state index in [-0.39, 0.29) is 6.04 Å². The normalized spacial score (nSPS) is 21.6. The SMILES string of the molecule is C[C@@]1(c2ccccc2)[C@H](c2ccc(Cl)cc2)NC(=S)N1CC(N)(c1ccccc1)C(N)c1ccc(Cl)cc1. The number of nitrogens with zero attached hydrogens (tertiary/aromatic N) is 1. The summed E-state index contributed by atoms with van der Waals surface area (Å²) in [6.07, 6.45) is 0. The molecule has 1 heterocycles. The summed E-state index contributed by atoms with van der Waals surface area (Å²) in [7, 11) is 0. The predicted octanol–water partition coefficient (Wildman–Crippen LogP) is 6.69. The van der Waals surface area contributed by atoms with Gasteiger partial charge < -0.3 is 21.7 Å². The number of nitrogens with two attached hydrogens (primary N) is 2. The van der Waals surface area contributed by atoms with Crippen LogP contribution in [0.1, 0.15) is 41.3 Å². The number of thiocarbonyl (C=S) groups is 1. The van der Waals surface area contributed by atoms with Crippen molar-refractivity contribution in [2.45, 2.75) is 30.1 Å². The molecule has 4 aromatic rings. The number of hydrogen-bond donors (Lipinski definition) is 3.